The number of anilines is 2. The Morgan fingerprint density at radius 1 is 0.914 bits per heavy atom. The number of hydrogen-bond donors (Lipinski definition) is 2. The summed E-state index contributed by atoms with van der Waals surface area (Å²) in [6, 6.07) is 23.8. The lowest BCUT2D eigenvalue weighted by Gasteiger charge is -2.09. The smallest absolute Gasteiger partial charge is 0.338 e. The first-order valence-corrected chi connectivity index (χ1v) is 11.2. The van der Waals surface area contributed by atoms with Crippen molar-refractivity contribution in [1.82, 2.24) is 14.5 Å². The molecule has 35 heavy (non-hydrogen) atoms. The maximum absolute atomic E-state index is 13.4. The zero-order valence-corrected chi connectivity index (χ0v) is 19.1. The van der Waals surface area contributed by atoms with Gasteiger partial charge in [-0.15, -0.1) is 0 Å². The van der Waals surface area contributed by atoms with Crippen LogP contribution >= 0.6 is 0 Å². The number of nitrogens with zero attached hydrogens (tertiary/aromatic N) is 3. The second-order valence-electron chi connectivity index (χ2n) is 7.97. The van der Waals surface area contributed by atoms with Gasteiger partial charge in [-0.05, 0) is 48.9 Å². The second-order valence-corrected chi connectivity index (χ2v) is 7.97. The Labute approximate surface area is 201 Å². The summed E-state index contributed by atoms with van der Waals surface area (Å²) in [7, 11) is 0. The average Bonchev–Trinajstić information content (AvgIpc) is 3.14. The molecule has 0 bridgehead atoms. The van der Waals surface area contributed by atoms with Crippen molar-refractivity contribution in [3.8, 4) is 0 Å². The molecule has 0 unspecified atom stereocenters. The zero-order chi connectivity index (χ0) is 24.4. The van der Waals surface area contributed by atoms with E-state index in [1.807, 2.05) is 59.2 Å². The number of carbonyl (C=O) groups excluding carboxylic acids is 2. The number of ether oxygens (including phenoxy) is 1. The largest absolute Gasteiger partial charge is 0.462 e. The van der Waals surface area contributed by atoms with Crippen LogP contribution in [0.1, 0.15) is 33.2 Å². The number of amides is 1. The molecule has 2 aromatic heterocycles. The molecule has 0 atom stereocenters. The summed E-state index contributed by atoms with van der Waals surface area (Å²) < 4.78 is 6.82. The highest BCUT2D eigenvalue weighted by Crippen LogP contribution is 2.29. The van der Waals surface area contributed by atoms with Crippen molar-refractivity contribution >= 4 is 45.6 Å². The predicted octanol–water partition coefficient (Wildman–Crippen LogP) is 4.64. The van der Waals surface area contributed by atoms with Gasteiger partial charge in [0, 0.05) is 5.69 Å². The summed E-state index contributed by atoms with van der Waals surface area (Å²) in [6.07, 6.45) is 0. The third-order valence-corrected chi connectivity index (χ3v) is 5.66. The highest BCUT2D eigenvalue weighted by atomic mass is 16.5. The van der Waals surface area contributed by atoms with Crippen molar-refractivity contribution in [2.75, 3.05) is 17.7 Å². The Bertz CT molecular complexity index is 1540. The van der Waals surface area contributed by atoms with Gasteiger partial charge < -0.3 is 20.4 Å². The number of esters is 1. The molecule has 174 valence electrons. The first-order chi connectivity index (χ1) is 17.0. The number of nitrogen functional groups attached to an aromatic ring is 1. The van der Waals surface area contributed by atoms with E-state index in [2.05, 4.69) is 5.32 Å². The van der Waals surface area contributed by atoms with Gasteiger partial charge in [0.2, 0.25) is 0 Å². The molecule has 2 heterocycles. The van der Waals surface area contributed by atoms with E-state index >= 15 is 0 Å². The molecule has 5 rings (SSSR count). The van der Waals surface area contributed by atoms with Crippen molar-refractivity contribution in [2.45, 2.75) is 13.5 Å². The number of rotatable bonds is 6. The number of nitrogens with two attached hydrogens (primary N) is 1. The summed E-state index contributed by atoms with van der Waals surface area (Å²) in [6.45, 7) is 2.48. The second kappa shape index (κ2) is 9.26. The van der Waals surface area contributed by atoms with Gasteiger partial charge in [0.25, 0.3) is 5.91 Å². The van der Waals surface area contributed by atoms with Crippen LogP contribution in [-0.2, 0) is 11.3 Å². The number of hydrogen-bond acceptors (Lipinski definition) is 6. The lowest BCUT2D eigenvalue weighted by molar-refractivity contribution is 0.0526. The molecule has 0 aliphatic carbocycles. The van der Waals surface area contributed by atoms with E-state index in [9.17, 15) is 9.59 Å². The monoisotopic (exact) mass is 465 g/mol. The topological polar surface area (TPSA) is 112 Å². The van der Waals surface area contributed by atoms with Crippen LogP contribution in [0.25, 0.3) is 22.2 Å². The van der Waals surface area contributed by atoms with Crippen LogP contribution in [0.15, 0.2) is 78.9 Å². The van der Waals surface area contributed by atoms with Gasteiger partial charge in [-0.1, -0.05) is 42.5 Å². The van der Waals surface area contributed by atoms with Crippen LogP contribution in [0.5, 0.6) is 0 Å². The van der Waals surface area contributed by atoms with Crippen molar-refractivity contribution in [3.63, 3.8) is 0 Å². The Morgan fingerprint density at radius 3 is 2.26 bits per heavy atom. The first-order valence-electron chi connectivity index (χ1n) is 11.2. The van der Waals surface area contributed by atoms with Crippen molar-refractivity contribution < 1.29 is 14.3 Å². The lowest BCUT2D eigenvalue weighted by Crippen LogP contribution is -2.15. The van der Waals surface area contributed by atoms with E-state index in [0.29, 0.717) is 46.6 Å². The summed E-state index contributed by atoms with van der Waals surface area (Å²) in [5.41, 5.74) is 11.1. The predicted molar refractivity (Wildman–Crippen MR) is 135 cm³/mol. The van der Waals surface area contributed by atoms with E-state index in [-0.39, 0.29) is 11.4 Å². The number of benzene rings is 3. The summed E-state index contributed by atoms with van der Waals surface area (Å²) >= 11 is 0. The fraction of sp³-hybridized carbons (Fsp3) is 0.111. The molecule has 0 saturated carbocycles. The molecule has 3 aromatic carbocycles. The third kappa shape index (κ3) is 4.29. The average molecular weight is 466 g/mol. The van der Waals surface area contributed by atoms with Gasteiger partial charge in [-0.25, -0.2) is 14.8 Å². The molecule has 8 nitrogen and oxygen atoms in total. The Hall–Kier alpha value is -4.72. The number of carbonyl (C=O) groups is 2. The first kappa shape index (κ1) is 22.1. The summed E-state index contributed by atoms with van der Waals surface area (Å²) in [4.78, 5) is 34.8. The molecular formula is C27H23N5O3. The quantitative estimate of drug-likeness (QED) is 0.353. The highest BCUT2D eigenvalue weighted by molar-refractivity contribution is 6.16. The molecule has 0 saturated heterocycles. The molecule has 0 fully saturated rings. The van der Waals surface area contributed by atoms with Gasteiger partial charge in [-0.3, -0.25) is 4.79 Å². The minimum absolute atomic E-state index is 0.253. The third-order valence-electron chi connectivity index (χ3n) is 5.66. The van der Waals surface area contributed by atoms with Crippen LogP contribution in [-0.4, -0.2) is 33.0 Å². The van der Waals surface area contributed by atoms with Crippen molar-refractivity contribution in [2.24, 2.45) is 0 Å². The van der Waals surface area contributed by atoms with Gasteiger partial charge in [-0.2, -0.15) is 0 Å². The maximum Gasteiger partial charge on any atom is 0.338 e. The van der Waals surface area contributed by atoms with E-state index in [1.54, 1.807) is 31.2 Å². The Morgan fingerprint density at radius 2 is 1.57 bits per heavy atom. The Kier molecular flexibility index (Phi) is 5.85. The molecular weight excluding hydrogens is 442 g/mol. The van der Waals surface area contributed by atoms with Crippen LogP contribution in [0.3, 0.4) is 0 Å². The van der Waals surface area contributed by atoms with Gasteiger partial charge in [0.15, 0.2) is 5.65 Å². The standard InChI is InChI=1S/C27H23N5O3/c1-2-35-27(34)18-12-14-19(15-13-18)29-26(33)22-23-25(31-21-11-7-6-10-20(21)30-23)32(24(22)28)16-17-8-4-3-5-9-17/h3-15H,2,16,28H2,1H3,(H,29,33). The summed E-state index contributed by atoms with van der Waals surface area (Å²) in [5, 5.41) is 2.86. The van der Waals surface area contributed by atoms with Crippen molar-refractivity contribution in [1.29, 1.82) is 0 Å². The van der Waals surface area contributed by atoms with E-state index < -0.39 is 11.9 Å². The number of aromatic nitrogens is 3. The molecule has 0 aliphatic rings. The molecule has 0 aliphatic heterocycles. The molecule has 0 spiro atoms. The number of nitrogens with one attached hydrogen (secondary N) is 1. The van der Waals surface area contributed by atoms with Gasteiger partial charge >= 0.3 is 5.97 Å². The fourth-order valence-electron chi connectivity index (χ4n) is 3.96. The SMILES string of the molecule is CCOC(=O)c1ccc(NC(=O)c2c(N)n(Cc3ccccc3)c3nc4ccccc4nc23)cc1. The molecule has 0 radical (unpaired) electrons. The lowest BCUT2D eigenvalue weighted by atomic mass is 10.2. The minimum Gasteiger partial charge on any atom is -0.462 e. The maximum atomic E-state index is 13.4. The van der Waals surface area contributed by atoms with Crippen LogP contribution in [0.4, 0.5) is 11.5 Å². The van der Waals surface area contributed by atoms with E-state index in [1.165, 1.54) is 0 Å². The van der Waals surface area contributed by atoms with Crippen LogP contribution in [0.2, 0.25) is 0 Å². The zero-order valence-electron chi connectivity index (χ0n) is 19.1. The molecule has 3 N–H and O–H groups in total. The molecule has 8 heteroatoms. The van der Waals surface area contributed by atoms with E-state index in [4.69, 9.17) is 20.4 Å². The molecule has 1 amide bonds. The number of fused-ring (bicyclic) bond motifs is 2. The van der Waals surface area contributed by atoms with Crippen LogP contribution < -0.4 is 11.1 Å². The highest BCUT2D eigenvalue weighted by Gasteiger charge is 2.24. The van der Waals surface area contributed by atoms with Gasteiger partial charge in [0.1, 0.15) is 16.9 Å². The van der Waals surface area contributed by atoms with Crippen molar-refractivity contribution in [3.05, 3.63) is 95.6 Å². The van der Waals surface area contributed by atoms with Gasteiger partial charge in [0.05, 0.1) is 29.7 Å². The number of para-hydroxylation sites is 2. The van der Waals surface area contributed by atoms with E-state index in [0.717, 1.165) is 5.56 Å². The fourth-order valence-corrected chi connectivity index (χ4v) is 3.96. The molecule has 5 aromatic rings. The van der Waals surface area contributed by atoms with Crippen LogP contribution in [0, 0.1) is 0 Å². The summed E-state index contributed by atoms with van der Waals surface area (Å²) in [5.74, 6) is -0.548. The normalized spacial score (nSPS) is 11.0. The minimum atomic E-state index is -0.416. The Balaban J connectivity index is 1.56.